The van der Waals surface area contributed by atoms with Gasteiger partial charge in [0.25, 0.3) is 11.1 Å². The molecule has 10 nitrogen and oxygen atoms in total. The number of imide groups is 1. The third kappa shape index (κ3) is 7.50. The van der Waals surface area contributed by atoms with E-state index in [9.17, 15) is 19.2 Å². The SMILES string of the molecule is CCOc1ccc(/C=C2/SC(=O)N(CCNC(=O)CC(NC(N)=O)c3cccc(C)c3)C2=O)cc1OC. The second kappa shape index (κ2) is 12.8. The number of amides is 5. The van der Waals surface area contributed by atoms with Crippen LogP contribution in [0.3, 0.4) is 0 Å². The molecular formula is C26H30N4O6S. The topological polar surface area (TPSA) is 140 Å². The number of primary amides is 1. The average molecular weight is 527 g/mol. The molecule has 5 amide bonds. The number of nitrogens with zero attached hydrogens (tertiary/aromatic N) is 1. The van der Waals surface area contributed by atoms with Crippen LogP contribution in [0.2, 0.25) is 0 Å². The minimum absolute atomic E-state index is 0.0126. The van der Waals surface area contributed by atoms with E-state index in [0.717, 1.165) is 27.8 Å². The van der Waals surface area contributed by atoms with Gasteiger partial charge in [0.05, 0.1) is 31.1 Å². The number of methoxy groups -OCH3 is 1. The first-order chi connectivity index (χ1) is 17.7. The Hall–Kier alpha value is -3.99. The van der Waals surface area contributed by atoms with Crippen LogP contribution in [0.4, 0.5) is 9.59 Å². The summed E-state index contributed by atoms with van der Waals surface area (Å²) in [6.45, 7) is 4.34. The summed E-state index contributed by atoms with van der Waals surface area (Å²) in [5.41, 5.74) is 7.69. The van der Waals surface area contributed by atoms with E-state index in [1.54, 1.807) is 30.3 Å². The highest BCUT2D eigenvalue weighted by atomic mass is 32.2. The van der Waals surface area contributed by atoms with Gasteiger partial charge in [0.1, 0.15) is 0 Å². The van der Waals surface area contributed by atoms with Crippen LogP contribution in [-0.4, -0.2) is 54.8 Å². The summed E-state index contributed by atoms with van der Waals surface area (Å²) in [5, 5.41) is 4.86. The molecule has 37 heavy (non-hydrogen) atoms. The van der Waals surface area contributed by atoms with Gasteiger partial charge in [-0.3, -0.25) is 19.3 Å². The standard InChI is InChI=1S/C26H30N4O6S/c1-4-36-20-9-8-17(13-21(20)35-3)14-22-24(32)30(26(34)37-22)11-10-28-23(31)15-19(29-25(27)33)18-7-5-6-16(2)12-18/h5-9,12-14,19H,4,10-11,15H2,1-3H3,(H,28,31)(H3,27,29,33)/b22-14+. The molecule has 0 aromatic heterocycles. The number of hydrogen-bond acceptors (Lipinski definition) is 7. The van der Waals surface area contributed by atoms with Crippen molar-refractivity contribution in [3.05, 3.63) is 64.1 Å². The Morgan fingerprint density at radius 2 is 1.95 bits per heavy atom. The Morgan fingerprint density at radius 1 is 1.16 bits per heavy atom. The lowest BCUT2D eigenvalue weighted by Gasteiger charge is -2.19. The number of rotatable bonds is 11. The first-order valence-electron chi connectivity index (χ1n) is 11.7. The highest BCUT2D eigenvalue weighted by Crippen LogP contribution is 2.34. The lowest BCUT2D eigenvalue weighted by Crippen LogP contribution is -2.40. The maximum absolute atomic E-state index is 12.8. The van der Waals surface area contributed by atoms with Crippen molar-refractivity contribution in [1.29, 1.82) is 0 Å². The third-order valence-corrected chi connectivity index (χ3v) is 6.37. The first-order valence-corrected chi connectivity index (χ1v) is 12.5. The molecule has 1 saturated heterocycles. The summed E-state index contributed by atoms with van der Waals surface area (Å²) in [4.78, 5) is 50.6. The van der Waals surface area contributed by atoms with E-state index < -0.39 is 23.2 Å². The Bertz CT molecular complexity index is 1220. The summed E-state index contributed by atoms with van der Waals surface area (Å²) < 4.78 is 10.8. The molecule has 2 aromatic rings. The van der Waals surface area contributed by atoms with Gasteiger partial charge in [-0.05, 0) is 54.9 Å². The van der Waals surface area contributed by atoms with Crippen molar-refractivity contribution in [2.45, 2.75) is 26.3 Å². The molecule has 0 bridgehead atoms. The number of nitrogens with one attached hydrogen (secondary N) is 2. The average Bonchev–Trinajstić information content (AvgIpc) is 3.11. The Labute approximate surface area is 219 Å². The van der Waals surface area contributed by atoms with Crippen LogP contribution in [0.1, 0.15) is 36.1 Å². The normalized spacial score (nSPS) is 15.0. The third-order valence-electron chi connectivity index (χ3n) is 5.47. The van der Waals surface area contributed by atoms with Crippen molar-refractivity contribution in [3.63, 3.8) is 0 Å². The van der Waals surface area contributed by atoms with Crippen molar-refractivity contribution in [3.8, 4) is 11.5 Å². The predicted octanol–water partition coefficient (Wildman–Crippen LogP) is 3.35. The number of aryl methyl sites for hydroxylation is 1. The maximum Gasteiger partial charge on any atom is 0.312 e. The fourth-order valence-electron chi connectivity index (χ4n) is 3.77. The number of thioether (sulfide) groups is 1. The molecule has 1 aliphatic heterocycles. The van der Waals surface area contributed by atoms with Gasteiger partial charge in [0.2, 0.25) is 5.91 Å². The van der Waals surface area contributed by atoms with Gasteiger partial charge in [0.15, 0.2) is 11.5 Å². The van der Waals surface area contributed by atoms with Crippen molar-refractivity contribution in [1.82, 2.24) is 15.5 Å². The Kier molecular flexibility index (Phi) is 9.56. The van der Waals surface area contributed by atoms with Crippen LogP contribution in [0.15, 0.2) is 47.4 Å². The van der Waals surface area contributed by atoms with Crippen LogP contribution >= 0.6 is 11.8 Å². The molecule has 4 N–H and O–H groups in total. The van der Waals surface area contributed by atoms with Crippen LogP contribution in [0.25, 0.3) is 6.08 Å². The lowest BCUT2D eigenvalue weighted by molar-refractivity contribution is -0.124. The van der Waals surface area contributed by atoms with Crippen molar-refractivity contribution < 1.29 is 28.7 Å². The van der Waals surface area contributed by atoms with E-state index in [2.05, 4.69) is 10.6 Å². The summed E-state index contributed by atoms with van der Waals surface area (Å²) in [6, 6.07) is 11.3. The molecule has 0 saturated carbocycles. The highest BCUT2D eigenvalue weighted by Gasteiger charge is 2.34. The van der Waals surface area contributed by atoms with Crippen LogP contribution < -0.4 is 25.8 Å². The smallest absolute Gasteiger partial charge is 0.312 e. The molecule has 1 atom stereocenters. The zero-order valence-electron chi connectivity index (χ0n) is 20.9. The molecule has 1 fully saturated rings. The number of hydrogen-bond donors (Lipinski definition) is 3. The first kappa shape index (κ1) is 27.6. The van der Waals surface area contributed by atoms with Gasteiger partial charge in [-0.15, -0.1) is 0 Å². The van der Waals surface area contributed by atoms with E-state index >= 15 is 0 Å². The molecular weight excluding hydrogens is 496 g/mol. The molecule has 1 unspecified atom stereocenters. The fraction of sp³-hybridized carbons (Fsp3) is 0.308. The monoisotopic (exact) mass is 526 g/mol. The molecule has 0 spiro atoms. The number of benzene rings is 2. The minimum Gasteiger partial charge on any atom is -0.493 e. The molecule has 0 radical (unpaired) electrons. The molecule has 196 valence electrons. The second-order valence-corrected chi connectivity index (χ2v) is 9.20. The number of ether oxygens (including phenoxy) is 2. The largest absolute Gasteiger partial charge is 0.493 e. The summed E-state index contributed by atoms with van der Waals surface area (Å²) >= 11 is 0.832. The van der Waals surface area contributed by atoms with Gasteiger partial charge < -0.3 is 25.8 Å². The van der Waals surface area contributed by atoms with E-state index in [1.807, 2.05) is 32.0 Å². The summed E-state index contributed by atoms with van der Waals surface area (Å²) in [6.07, 6.45) is 1.57. The van der Waals surface area contributed by atoms with Crippen LogP contribution in [-0.2, 0) is 9.59 Å². The van der Waals surface area contributed by atoms with E-state index in [0.29, 0.717) is 23.7 Å². The molecule has 1 aliphatic rings. The number of carbonyl (C=O) groups excluding carboxylic acids is 4. The predicted molar refractivity (Wildman–Crippen MR) is 141 cm³/mol. The van der Waals surface area contributed by atoms with Gasteiger partial charge in [-0.1, -0.05) is 35.9 Å². The van der Waals surface area contributed by atoms with Crippen molar-refractivity contribution in [2.24, 2.45) is 5.73 Å². The van der Waals surface area contributed by atoms with Gasteiger partial charge >= 0.3 is 6.03 Å². The Morgan fingerprint density at radius 3 is 2.62 bits per heavy atom. The summed E-state index contributed by atoms with van der Waals surface area (Å²) in [7, 11) is 1.52. The quantitative estimate of drug-likeness (QED) is 0.382. The Balaban J connectivity index is 1.59. The van der Waals surface area contributed by atoms with Gasteiger partial charge in [-0.25, -0.2) is 4.79 Å². The number of urea groups is 1. The lowest BCUT2D eigenvalue weighted by atomic mass is 10.0. The van der Waals surface area contributed by atoms with E-state index in [4.69, 9.17) is 15.2 Å². The summed E-state index contributed by atoms with van der Waals surface area (Å²) in [5.74, 6) is 0.309. The van der Waals surface area contributed by atoms with Gasteiger partial charge in [0, 0.05) is 13.1 Å². The van der Waals surface area contributed by atoms with Crippen molar-refractivity contribution in [2.75, 3.05) is 26.8 Å². The van der Waals surface area contributed by atoms with Gasteiger partial charge in [-0.2, -0.15) is 0 Å². The second-order valence-electron chi connectivity index (χ2n) is 8.21. The van der Waals surface area contributed by atoms with Crippen LogP contribution in [0.5, 0.6) is 11.5 Å². The molecule has 11 heteroatoms. The maximum atomic E-state index is 12.8. The van der Waals surface area contributed by atoms with Crippen LogP contribution in [0, 0.1) is 6.92 Å². The highest BCUT2D eigenvalue weighted by molar-refractivity contribution is 8.18. The zero-order valence-corrected chi connectivity index (χ0v) is 21.7. The zero-order chi connectivity index (χ0) is 26.9. The van der Waals surface area contributed by atoms with E-state index in [1.165, 1.54) is 7.11 Å². The fourth-order valence-corrected chi connectivity index (χ4v) is 4.63. The number of nitrogens with two attached hydrogens (primary N) is 1. The van der Waals surface area contributed by atoms with E-state index in [-0.39, 0.29) is 30.3 Å². The van der Waals surface area contributed by atoms with Crippen molar-refractivity contribution >= 4 is 40.9 Å². The number of carbonyl (C=O) groups is 4. The molecule has 0 aliphatic carbocycles. The molecule has 2 aromatic carbocycles. The molecule has 3 rings (SSSR count). The minimum atomic E-state index is -0.742. The molecule has 1 heterocycles.